The van der Waals surface area contributed by atoms with E-state index in [9.17, 15) is 9.59 Å². The molecule has 1 fully saturated rings. The smallest absolute Gasteiger partial charge is 0.397 e. The fraction of sp³-hybridized carbons (Fsp3) is 0.545. The number of rotatable bonds is 5. The molecule has 0 aromatic heterocycles. The Morgan fingerprint density at radius 3 is 2.61 bits per heavy atom. The second-order valence-electron chi connectivity index (χ2n) is 8.76. The van der Waals surface area contributed by atoms with Gasteiger partial charge in [0.05, 0.1) is 27.3 Å². The molecular weight excluding hydrogens is 398 g/mol. The third kappa shape index (κ3) is 3.41. The SMILES string of the molecule is COc1ccc(N2CC(C)C[N+]3=C2N=C2C3C(=O)N(CC(C)C)C(=O)N2C)c(OC)c1. The maximum absolute atomic E-state index is 13.4. The molecular formula is C22H30N5O4+. The summed E-state index contributed by atoms with van der Waals surface area (Å²) in [5.41, 5.74) is 0.846. The van der Waals surface area contributed by atoms with Crippen LogP contribution in [-0.2, 0) is 4.79 Å². The van der Waals surface area contributed by atoms with Gasteiger partial charge in [0.25, 0.3) is 5.91 Å². The second-order valence-corrected chi connectivity index (χ2v) is 8.76. The van der Waals surface area contributed by atoms with E-state index >= 15 is 0 Å². The molecule has 0 spiro atoms. The van der Waals surface area contributed by atoms with Gasteiger partial charge in [-0.15, -0.1) is 0 Å². The zero-order valence-electron chi connectivity index (χ0n) is 19.0. The van der Waals surface area contributed by atoms with E-state index in [1.54, 1.807) is 21.3 Å². The molecule has 1 saturated heterocycles. The van der Waals surface area contributed by atoms with Gasteiger partial charge in [0.2, 0.25) is 11.9 Å². The monoisotopic (exact) mass is 428 g/mol. The van der Waals surface area contributed by atoms with Gasteiger partial charge < -0.3 is 9.47 Å². The first-order chi connectivity index (χ1) is 14.8. The Kier molecular flexibility index (Phi) is 5.36. The average molecular weight is 429 g/mol. The van der Waals surface area contributed by atoms with Crippen molar-refractivity contribution >= 4 is 29.4 Å². The number of methoxy groups -OCH3 is 2. The molecule has 3 aliphatic heterocycles. The molecule has 4 rings (SSSR count). The predicted molar refractivity (Wildman–Crippen MR) is 117 cm³/mol. The number of likely N-dealkylation sites (N-methyl/N-ethyl adjacent to an activating group) is 1. The van der Waals surface area contributed by atoms with E-state index < -0.39 is 6.04 Å². The topological polar surface area (TPSA) is 77.7 Å². The number of amides is 3. The number of benzene rings is 1. The molecule has 0 N–H and O–H groups in total. The van der Waals surface area contributed by atoms with Gasteiger partial charge in [0, 0.05) is 25.6 Å². The highest BCUT2D eigenvalue weighted by molar-refractivity contribution is 6.24. The number of hydrogen-bond donors (Lipinski definition) is 0. The number of nitrogens with zero attached hydrogens (tertiary/aromatic N) is 5. The van der Waals surface area contributed by atoms with Gasteiger partial charge in [-0.25, -0.2) is 14.3 Å². The molecule has 0 aliphatic carbocycles. The molecule has 166 valence electrons. The molecule has 1 aromatic carbocycles. The number of aliphatic imine (C=N–C) groups is 1. The lowest BCUT2D eigenvalue weighted by Gasteiger charge is -2.36. The summed E-state index contributed by atoms with van der Waals surface area (Å²) in [6, 6.07) is 4.73. The molecule has 1 aromatic rings. The number of guanidine groups is 1. The quantitative estimate of drug-likeness (QED) is 0.669. The van der Waals surface area contributed by atoms with Crippen molar-refractivity contribution in [3.63, 3.8) is 0 Å². The second kappa shape index (κ2) is 7.86. The lowest BCUT2D eigenvalue weighted by atomic mass is 10.1. The van der Waals surface area contributed by atoms with E-state index in [1.807, 2.05) is 36.6 Å². The number of imide groups is 1. The molecule has 31 heavy (non-hydrogen) atoms. The number of carbonyl (C=O) groups is 2. The number of carbonyl (C=O) groups excluding carboxylic acids is 2. The summed E-state index contributed by atoms with van der Waals surface area (Å²) < 4.78 is 13.0. The molecule has 0 saturated carbocycles. The lowest BCUT2D eigenvalue weighted by Crippen LogP contribution is -2.64. The first-order valence-corrected chi connectivity index (χ1v) is 10.6. The summed E-state index contributed by atoms with van der Waals surface area (Å²) in [4.78, 5) is 36.0. The van der Waals surface area contributed by atoms with Gasteiger partial charge in [0.15, 0.2) is 5.75 Å². The normalized spacial score (nSPS) is 23.3. The Bertz CT molecular complexity index is 986. The summed E-state index contributed by atoms with van der Waals surface area (Å²) in [5, 5.41) is 0. The largest absolute Gasteiger partial charge is 0.497 e. The number of fused-ring (bicyclic) bond motifs is 2. The molecule has 3 amide bonds. The van der Waals surface area contributed by atoms with E-state index in [0.29, 0.717) is 36.4 Å². The van der Waals surface area contributed by atoms with Crippen LogP contribution in [0.1, 0.15) is 20.8 Å². The first-order valence-electron chi connectivity index (χ1n) is 10.6. The molecule has 3 heterocycles. The maximum Gasteiger partial charge on any atom is 0.397 e. The zero-order valence-corrected chi connectivity index (χ0v) is 19.0. The molecule has 0 radical (unpaired) electrons. The van der Waals surface area contributed by atoms with Crippen molar-refractivity contribution in [1.29, 1.82) is 0 Å². The van der Waals surface area contributed by atoms with Crippen molar-refractivity contribution in [2.45, 2.75) is 26.8 Å². The Hall–Kier alpha value is -3.10. The van der Waals surface area contributed by atoms with E-state index in [4.69, 9.17) is 14.5 Å². The van der Waals surface area contributed by atoms with Crippen LogP contribution in [0, 0.1) is 11.8 Å². The highest BCUT2D eigenvalue weighted by atomic mass is 16.5. The third-order valence-corrected chi connectivity index (χ3v) is 5.86. The fourth-order valence-electron chi connectivity index (χ4n) is 4.44. The Morgan fingerprint density at radius 1 is 1.23 bits per heavy atom. The van der Waals surface area contributed by atoms with Crippen LogP contribution in [0.4, 0.5) is 10.5 Å². The van der Waals surface area contributed by atoms with Crippen LogP contribution in [0.2, 0.25) is 0 Å². The number of urea groups is 1. The highest BCUT2D eigenvalue weighted by Crippen LogP contribution is 2.36. The van der Waals surface area contributed by atoms with Crippen LogP contribution in [0.5, 0.6) is 11.5 Å². The van der Waals surface area contributed by atoms with E-state index in [0.717, 1.165) is 12.2 Å². The molecule has 2 atom stereocenters. The fourth-order valence-corrected chi connectivity index (χ4v) is 4.44. The van der Waals surface area contributed by atoms with Crippen LogP contribution in [0.25, 0.3) is 0 Å². The van der Waals surface area contributed by atoms with Gasteiger partial charge in [-0.2, -0.15) is 0 Å². The van der Waals surface area contributed by atoms with Crippen molar-refractivity contribution < 1.29 is 23.6 Å². The summed E-state index contributed by atoms with van der Waals surface area (Å²) in [6.07, 6.45) is 0. The number of ether oxygens (including phenoxy) is 2. The first kappa shape index (κ1) is 21.1. The Labute approximate surface area is 182 Å². The predicted octanol–water partition coefficient (Wildman–Crippen LogP) is 1.86. The highest BCUT2D eigenvalue weighted by Gasteiger charge is 2.55. The van der Waals surface area contributed by atoms with Crippen molar-refractivity contribution in [2.75, 3.05) is 45.8 Å². The summed E-state index contributed by atoms with van der Waals surface area (Å²) in [7, 11) is 4.92. The maximum atomic E-state index is 13.4. The standard InChI is InChI=1S/C22H30N5O4/c1-13(2)10-27-20(28)18-19(24(4)22(27)29)23-21-25(11-14(3)12-26(18)21)16-8-7-15(30-5)9-17(16)31-6/h7-9,13-14,18H,10-12H2,1-6H3/q+1. The van der Waals surface area contributed by atoms with Crippen molar-refractivity contribution in [1.82, 2.24) is 9.80 Å². The van der Waals surface area contributed by atoms with Crippen LogP contribution >= 0.6 is 0 Å². The van der Waals surface area contributed by atoms with Crippen molar-refractivity contribution in [3.8, 4) is 11.5 Å². The minimum atomic E-state index is -0.592. The minimum Gasteiger partial charge on any atom is -0.497 e. The van der Waals surface area contributed by atoms with Crippen LogP contribution in [0.15, 0.2) is 23.2 Å². The molecule has 9 heteroatoms. The van der Waals surface area contributed by atoms with E-state index in [-0.39, 0.29) is 23.8 Å². The molecule has 9 nitrogen and oxygen atoms in total. The lowest BCUT2D eigenvalue weighted by molar-refractivity contribution is -0.545. The third-order valence-electron chi connectivity index (χ3n) is 5.86. The molecule has 0 bridgehead atoms. The summed E-state index contributed by atoms with van der Waals surface area (Å²) in [5.74, 6) is 2.76. The van der Waals surface area contributed by atoms with E-state index in [1.165, 1.54) is 9.80 Å². The van der Waals surface area contributed by atoms with Crippen molar-refractivity contribution in [3.05, 3.63) is 18.2 Å². The Morgan fingerprint density at radius 2 is 1.97 bits per heavy atom. The van der Waals surface area contributed by atoms with Gasteiger partial charge in [-0.05, 0) is 18.1 Å². The minimum absolute atomic E-state index is 0.185. The summed E-state index contributed by atoms with van der Waals surface area (Å²) >= 11 is 0. The van der Waals surface area contributed by atoms with Gasteiger partial charge in [-0.3, -0.25) is 14.6 Å². The van der Waals surface area contributed by atoms with Gasteiger partial charge in [0.1, 0.15) is 11.4 Å². The van der Waals surface area contributed by atoms with Gasteiger partial charge in [-0.1, -0.05) is 25.8 Å². The molecule has 2 unspecified atom stereocenters. The number of anilines is 1. The Balaban J connectivity index is 1.79. The van der Waals surface area contributed by atoms with Crippen LogP contribution in [-0.4, -0.2) is 85.1 Å². The van der Waals surface area contributed by atoms with Crippen LogP contribution in [0.3, 0.4) is 0 Å². The van der Waals surface area contributed by atoms with E-state index in [2.05, 4.69) is 11.8 Å². The number of amidine groups is 1. The van der Waals surface area contributed by atoms with Gasteiger partial charge >= 0.3 is 12.0 Å². The van der Waals surface area contributed by atoms with Crippen LogP contribution < -0.4 is 14.4 Å². The molecule has 3 aliphatic rings. The average Bonchev–Trinajstić information content (AvgIpc) is 3.13. The summed E-state index contributed by atoms with van der Waals surface area (Å²) in [6.45, 7) is 7.94. The number of hydrogen-bond acceptors (Lipinski definition) is 6. The van der Waals surface area contributed by atoms with Crippen molar-refractivity contribution in [2.24, 2.45) is 16.8 Å². The zero-order chi connectivity index (χ0) is 22.4.